The number of unbranched alkanes of at least 4 members (excludes halogenated alkanes) is 2. The first-order valence-electron chi connectivity index (χ1n) is 5.27. The van der Waals surface area contributed by atoms with Gasteiger partial charge in [0.15, 0.2) is 0 Å². The minimum absolute atomic E-state index is 0.725. The lowest BCUT2D eigenvalue weighted by molar-refractivity contribution is 0.0466. The van der Waals surface area contributed by atoms with Crippen molar-refractivity contribution in [3.05, 3.63) is 0 Å². The molecule has 0 amide bonds. The maximum Gasteiger partial charge on any atom is 0.0700 e. The van der Waals surface area contributed by atoms with Gasteiger partial charge >= 0.3 is 0 Å². The summed E-state index contributed by atoms with van der Waals surface area (Å²) in [4.78, 5) is 0. The van der Waals surface area contributed by atoms with E-state index in [9.17, 15) is 0 Å². The van der Waals surface area contributed by atoms with Gasteiger partial charge in [0, 0.05) is 13.2 Å². The predicted molar refractivity (Wildman–Crippen MR) is 54.8 cm³/mol. The second-order valence-electron chi connectivity index (χ2n) is 3.07. The van der Waals surface area contributed by atoms with Crippen molar-refractivity contribution in [1.29, 1.82) is 0 Å². The van der Waals surface area contributed by atoms with E-state index in [4.69, 9.17) is 15.2 Å². The lowest BCUT2D eigenvalue weighted by atomic mass is 10.2. The molecule has 0 aliphatic rings. The Kier molecular flexibility index (Phi) is 11.8. The Bertz CT molecular complexity index is 79.0. The van der Waals surface area contributed by atoms with Gasteiger partial charge in [-0.25, -0.2) is 0 Å². The molecular formula is C10H23NO2. The molecule has 0 atom stereocenters. The smallest absolute Gasteiger partial charge is 0.0700 e. The van der Waals surface area contributed by atoms with E-state index in [-0.39, 0.29) is 0 Å². The molecule has 0 spiro atoms. The van der Waals surface area contributed by atoms with E-state index >= 15 is 0 Å². The number of rotatable bonds is 10. The lowest BCUT2D eigenvalue weighted by Crippen LogP contribution is -2.06. The topological polar surface area (TPSA) is 44.5 Å². The lowest BCUT2D eigenvalue weighted by Gasteiger charge is -2.04. The van der Waals surface area contributed by atoms with Gasteiger partial charge in [-0.05, 0) is 32.2 Å². The molecule has 0 radical (unpaired) electrons. The highest BCUT2D eigenvalue weighted by Crippen LogP contribution is 1.93. The van der Waals surface area contributed by atoms with Crippen LogP contribution in [-0.4, -0.2) is 33.0 Å². The summed E-state index contributed by atoms with van der Waals surface area (Å²) in [5, 5.41) is 0. The van der Waals surface area contributed by atoms with E-state index in [0.717, 1.165) is 52.2 Å². The SMILES string of the molecule is CCCOCCOCCCCCN. The van der Waals surface area contributed by atoms with Crippen molar-refractivity contribution in [3.63, 3.8) is 0 Å². The number of hydrogen-bond acceptors (Lipinski definition) is 3. The minimum atomic E-state index is 0.725. The van der Waals surface area contributed by atoms with Crippen LogP contribution in [0.4, 0.5) is 0 Å². The Morgan fingerprint density at radius 2 is 1.54 bits per heavy atom. The number of nitrogens with two attached hydrogens (primary N) is 1. The average molecular weight is 189 g/mol. The normalized spacial score (nSPS) is 10.6. The largest absolute Gasteiger partial charge is 0.379 e. The fourth-order valence-electron chi connectivity index (χ4n) is 0.992. The third kappa shape index (κ3) is 11.9. The van der Waals surface area contributed by atoms with Crippen LogP contribution in [0.5, 0.6) is 0 Å². The molecule has 3 nitrogen and oxygen atoms in total. The van der Waals surface area contributed by atoms with Gasteiger partial charge in [0.1, 0.15) is 0 Å². The van der Waals surface area contributed by atoms with Gasteiger partial charge in [-0.1, -0.05) is 6.92 Å². The zero-order valence-corrected chi connectivity index (χ0v) is 8.76. The first-order valence-corrected chi connectivity index (χ1v) is 5.27. The van der Waals surface area contributed by atoms with E-state index < -0.39 is 0 Å². The Labute approximate surface area is 81.6 Å². The maximum atomic E-state index is 5.36. The second-order valence-corrected chi connectivity index (χ2v) is 3.07. The fourth-order valence-corrected chi connectivity index (χ4v) is 0.992. The monoisotopic (exact) mass is 189 g/mol. The van der Waals surface area contributed by atoms with Crippen LogP contribution in [0.15, 0.2) is 0 Å². The molecule has 0 bridgehead atoms. The van der Waals surface area contributed by atoms with Crippen LogP contribution in [0, 0.1) is 0 Å². The van der Waals surface area contributed by atoms with Crippen LogP contribution < -0.4 is 5.73 Å². The molecule has 0 heterocycles. The quantitative estimate of drug-likeness (QED) is 0.530. The first kappa shape index (κ1) is 12.9. The Hall–Kier alpha value is -0.120. The highest BCUT2D eigenvalue weighted by molar-refractivity contribution is 4.41. The van der Waals surface area contributed by atoms with Gasteiger partial charge < -0.3 is 15.2 Å². The molecule has 3 heteroatoms. The summed E-state index contributed by atoms with van der Waals surface area (Å²) in [6.45, 7) is 6.03. The zero-order chi connectivity index (χ0) is 9.78. The molecule has 0 aliphatic carbocycles. The molecular weight excluding hydrogens is 166 g/mol. The standard InChI is InChI=1S/C10H23NO2/c1-2-7-12-9-10-13-8-5-3-4-6-11/h2-11H2,1H3. The minimum Gasteiger partial charge on any atom is -0.379 e. The molecule has 0 aromatic heterocycles. The highest BCUT2D eigenvalue weighted by atomic mass is 16.5. The predicted octanol–water partition coefficient (Wildman–Crippen LogP) is 1.56. The summed E-state index contributed by atoms with van der Waals surface area (Å²) < 4.78 is 10.6. The van der Waals surface area contributed by atoms with Crippen LogP contribution in [0.2, 0.25) is 0 Å². The molecule has 0 saturated carbocycles. The fraction of sp³-hybridized carbons (Fsp3) is 1.00. The van der Waals surface area contributed by atoms with Gasteiger partial charge in [0.25, 0.3) is 0 Å². The average Bonchev–Trinajstić information content (AvgIpc) is 2.16. The van der Waals surface area contributed by atoms with E-state index in [0.29, 0.717) is 0 Å². The second kappa shape index (κ2) is 11.9. The van der Waals surface area contributed by atoms with E-state index in [1.165, 1.54) is 6.42 Å². The molecule has 0 aliphatic heterocycles. The van der Waals surface area contributed by atoms with Gasteiger partial charge in [0.05, 0.1) is 13.2 Å². The van der Waals surface area contributed by atoms with Gasteiger partial charge in [-0.3, -0.25) is 0 Å². The summed E-state index contributed by atoms with van der Waals surface area (Å²) in [6.07, 6.45) is 4.48. The van der Waals surface area contributed by atoms with Crippen LogP contribution in [0.1, 0.15) is 32.6 Å². The van der Waals surface area contributed by atoms with Crippen molar-refractivity contribution in [1.82, 2.24) is 0 Å². The molecule has 2 N–H and O–H groups in total. The Morgan fingerprint density at radius 3 is 2.15 bits per heavy atom. The molecule has 80 valence electrons. The van der Waals surface area contributed by atoms with Crippen LogP contribution >= 0.6 is 0 Å². The van der Waals surface area contributed by atoms with Gasteiger partial charge in [-0.2, -0.15) is 0 Å². The van der Waals surface area contributed by atoms with Crippen molar-refractivity contribution in [2.75, 3.05) is 33.0 Å². The van der Waals surface area contributed by atoms with Crippen molar-refractivity contribution in [3.8, 4) is 0 Å². The van der Waals surface area contributed by atoms with Crippen molar-refractivity contribution < 1.29 is 9.47 Å². The summed E-state index contributed by atoms with van der Waals surface area (Å²) in [5.74, 6) is 0. The van der Waals surface area contributed by atoms with Gasteiger partial charge in [0.2, 0.25) is 0 Å². The van der Waals surface area contributed by atoms with Crippen LogP contribution in [0.25, 0.3) is 0 Å². The van der Waals surface area contributed by atoms with E-state index in [1.54, 1.807) is 0 Å². The van der Waals surface area contributed by atoms with Gasteiger partial charge in [-0.15, -0.1) is 0 Å². The summed E-state index contributed by atoms with van der Waals surface area (Å²) >= 11 is 0. The van der Waals surface area contributed by atoms with E-state index in [2.05, 4.69) is 6.92 Å². The molecule has 0 saturated heterocycles. The van der Waals surface area contributed by atoms with Crippen molar-refractivity contribution in [2.45, 2.75) is 32.6 Å². The third-order valence-corrected chi connectivity index (χ3v) is 1.71. The molecule has 0 fully saturated rings. The molecule has 0 aromatic carbocycles. The molecule has 0 rings (SSSR count). The zero-order valence-electron chi connectivity index (χ0n) is 8.76. The molecule has 13 heavy (non-hydrogen) atoms. The summed E-state index contributed by atoms with van der Waals surface area (Å²) in [5.41, 5.74) is 5.36. The Balaban J connectivity index is 2.76. The first-order chi connectivity index (χ1) is 6.41. The summed E-state index contributed by atoms with van der Waals surface area (Å²) in [6, 6.07) is 0. The van der Waals surface area contributed by atoms with Crippen LogP contribution in [0.3, 0.4) is 0 Å². The van der Waals surface area contributed by atoms with Crippen molar-refractivity contribution >= 4 is 0 Å². The maximum absolute atomic E-state index is 5.36. The Morgan fingerprint density at radius 1 is 0.846 bits per heavy atom. The van der Waals surface area contributed by atoms with Crippen molar-refractivity contribution in [2.24, 2.45) is 5.73 Å². The molecule has 0 aromatic rings. The third-order valence-electron chi connectivity index (χ3n) is 1.71. The molecule has 0 unspecified atom stereocenters. The number of ether oxygens (including phenoxy) is 2. The van der Waals surface area contributed by atoms with E-state index in [1.807, 2.05) is 0 Å². The van der Waals surface area contributed by atoms with Crippen LogP contribution in [-0.2, 0) is 9.47 Å². The highest BCUT2D eigenvalue weighted by Gasteiger charge is 1.89. The summed E-state index contributed by atoms with van der Waals surface area (Å²) in [7, 11) is 0. The number of hydrogen-bond donors (Lipinski definition) is 1.